The molecule has 2 aromatic heterocycles. The van der Waals surface area contributed by atoms with Crippen LogP contribution in [0.5, 0.6) is 0 Å². The Morgan fingerprint density at radius 1 is 1.18 bits per heavy atom. The van der Waals surface area contributed by atoms with Crippen LogP contribution in [0.2, 0.25) is 0 Å². The molecule has 0 N–H and O–H groups in total. The molecule has 1 aromatic carbocycles. The molecule has 7 heteroatoms. The number of thiophene rings is 1. The van der Waals surface area contributed by atoms with E-state index in [1.54, 1.807) is 16.2 Å². The molecule has 1 aliphatic carbocycles. The summed E-state index contributed by atoms with van der Waals surface area (Å²) in [6.07, 6.45) is 4.49. The van der Waals surface area contributed by atoms with E-state index in [0.29, 0.717) is 15.7 Å². The van der Waals surface area contributed by atoms with Crippen molar-refractivity contribution < 1.29 is 14.3 Å². The quantitative estimate of drug-likeness (QED) is 0.546. The first-order chi connectivity index (χ1) is 13.6. The second-order valence-corrected chi connectivity index (χ2v) is 8.63. The van der Waals surface area contributed by atoms with E-state index in [2.05, 4.69) is 4.98 Å². The molecule has 0 bridgehead atoms. The molecule has 28 heavy (non-hydrogen) atoms. The molecule has 0 spiro atoms. The standard InChI is InChI=1S/C21H20N2O3S2/c1-14(24)23(17-8-3-2-4-9-17)21-22-16(13-27-21)12-26-20(25)19-11-15-7-5-6-10-18(15)28-19/h2-4,8-9,11,13H,5-7,10,12H2,1H3. The smallest absolute Gasteiger partial charge is 0.348 e. The highest BCUT2D eigenvalue weighted by molar-refractivity contribution is 7.14. The Morgan fingerprint density at radius 2 is 1.96 bits per heavy atom. The highest BCUT2D eigenvalue weighted by atomic mass is 32.1. The fraction of sp³-hybridized carbons (Fsp3) is 0.286. The van der Waals surface area contributed by atoms with Crippen molar-refractivity contribution in [3.63, 3.8) is 0 Å². The summed E-state index contributed by atoms with van der Waals surface area (Å²) in [5, 5.41) is 2.39. The van der Waals surface area contributed by atoms with Gasteiger partial charge in [-0.2, -0.15) is 0 Å². The van der Waals surface area contributed by atoms with E-state index in [-0.39, 0.29) is 18.5 Å². The van der Waals surface area contributed by atoms with Crippen LogP contribution in [0, 0.1) is 0 Å². The molecule has 0 fully saturated rings. The predicted octanol–water partition coefficient (Wildman–Crippen LogP) is 5.13. The summed E-state index contributed by atoms with van der Waals surface area (Å²) in [6, 6.07) is 11.4. The van der Waals surface area contributed by atoms with Gasteiger partial charge in [0.2, 0.25) is 5.91 Å². The van der Waals surface area contributed by atoms with Gasteiger partial charge in [-0.25, -0.2) is 9.78 Å². The maximum atomic E-state index is 12.4. The normalized spacial score (nSPS) is 13.0. The molecule has 0 atom stereocenters. The molecule has 1 aliphatic rings. The number of hydrogen-bond acceptors (Lipinski definition) is 6. The number of rotatable bonds is 5. The van der Waals surface area contributed by atoms with Crippen molar-refractivity contribution in [1.29, 1.82) is 0 Å². The highest BCUT2D eigenvalue weighted by Crippen LogP contribution is 2.31. The van der Waals surface area contributed by atoms with E-state index in [1.165, 1.54) is 41.5 Å². The summed E-state index contributed by atoms with van der Waals surface area (Å²) in [5.41, 5.74) is 2.69. The Labute approximate surface area is 171 Å². The fourth-order valence-corrected chi connectivity index (χ4v) is 5.29. The maximum Gasteiger partial charge on any atom is 0.348 e. The van der Waals surface area contributed by atoms with Crippen molar-refractivity contribution in [2.75, 3.05) is 4.90 Å². The zero-order valence-corrected chi connectivity index (χ0v) is 17.1. The molecule has 2 heterocycles. The number of benzene rings is 1. The SMILES string of the molecule is CC(=O)N(c1ccccc1)c1nc(COC(=O)c2cc3c(s2)CCCC3)cs1. The van der Waals surface area contributed by atoms with E-state index in [4.69, 9.17) is 4.74 Å². The number of aryl methyl sites for hydroxylation is 2. The molecule has 1 amide bonds. The Bertz CT molecular complexity index is 971. The molecule has 0 unspecified atom stereocenters. The van der Waals surface area contributed by atoms with Crippen LogP contribution in [0.3, 0.4) is 0 Å². The summed E-state index contributed by atoms with van der Waals surface area (Å²) >= 11 is 2.90. The number of thiazole rings is 1. The van der Waals surface area contributed by atoms with Crippen molar-refractivity contribution in [2.24, 2.45) is 0 Å². The van der Waals surface area contributed by atoms with Crippen molar-refractivity contribution in [1.82, 2.24) is 4.98 Å². The molecule has 5 nitrogen and oxygen atoms in total. The zero-order chi connectivity index (χ0) is 19.5. The van der Waals surface area contributed by atoms with Gasteiger partial charge in [0, 0.05) is 17.2 Å². The zero-order valence-electron chi connectivity index (χ0n) is 15.5. The second kappa shape index (κ2) is 8.24. The lowest BCUT2D eigenvalue weighted by Crippen LogP contribution is -2.22. The number of carbonyl (C=O) groups is 2. The monoisotopic (exact) mass is 412 g/mol. The van der Waals surface area contributed by atoms with E-state index < -0.39 is 0 Å². The van der Waals surface area contributed by atoms with Crippen molar-refractivity contribution in [3.05, 3.63) is 62.8 Å². The minimum Gasteiger partial charge on any atom is -0.455 e. The van der Waals surface area contributed by atoms with E-state index in [0.717, 1.165) is 18.5 Å². The largest absolute Gasteiger partial charge is 0.455 e. The second-order valence-electron chi connectivity index (χ2n) is 6.65. The first-order valence-electron chi connectivity index (χ1n) is 9.20. The van der Waals surface area contributed by atoms with Gasteiger partial charge in [0.25, 0.3) is 0 Å². The number of aromatic nitrogens is 1. The minimum atomic E-state index is -0.305. The fourth-order valence-electron chi connectivity index (χ4n) is 3.27. The third-order valence-corrected chi connectivity index (χ3v) is 6.70. The number of esters is 1. The maximum absolute atomic E-state index is 12.4. The van der Waals surface area contributed by atoms with Crippen LogP contribution in [-0.4, -0.2) is 16.9 Å². The summed E-state index contributed by atoms with van der Waals surface area (Å²) in [6.45, 7) is 1.60. The number of nitrogens with zero attached hydrogens (tertiary/aromatic N) is 2. The molecule has 3 aromatic rings. The van der Waals surface area contributed by atoms with Gasteiger partial charge in [0.05, 0.1) is 11.4 Å². The van der Waals surface area contributed by atoms with Crippen LogP contribution in [0.15, 0.2) is 41.8 Å². The average molecular weight is 413 g/mol. The van der Waals surface area contributed by atoms with Crippen molar-refractivity contribution >= 4 is 45.4 Å². The highest BCUT2D eigenvalue weighted by Gasteiger charge is 2.20. The number of amides is 1. The number of hydrogen-bond donors (Lipinski definition) is 0. The van der Waals surface area contributed by atoms with Crippen molar-refractivity contribution in [2.45, 2.75) is 39.2 Å². The lowest BCUT2D eigenvalue weighted by molar-refractivity contribution is -0.115. The lowest BCUT2D eigenvalue weighted by atomic mass is 9.99. The van der Waals surface area contributed by atoms with Crippen LogP contribution in [0.1, 0.15) is 45.6 Å². The van der Waals surface area contributed by atoms with Gasteiger partial charge in [-0.05, 0) is 49.4 Å². The van der Waals surface area contributed by atoms with Gasteiger partial charge >= 0.3 is 5.97 Å². The molecular formula is C21H20N2O3S2. The Balaban J connectivity index is 1.44. The third-order valence-electron chi connectivity index (χ3n) is 4.61. The molecule has 0 saturated carbocycles. The van der Waals surface area contributed by atoms with Crippen LogP contribution in [-0.2, 0) is 29.0 Å². The average Bonchev–Trinajstić information content (AvgIpc) is 3.34. The number of ether oxygens (including phenoxy) is 1. The summed E-state index contributed by atoms with van der Waals surface area (Å²) in [5.74, 6) is -0.423. The topological polar surface area (TPSA) is 59.5 Å². The van der Waals surface area contributed by atoms with E-state index in [1.807, 2.05) is 41.8 Å². The third kappa shape index (κ3) is 4.00. The van der Waals surface area contributed by atoms with Gasteiger partial charge in [-0.3, -0.25) is 9.69 Å². The van der Waals surface area contributed by atoms with Crippen LogP contribution in [0.25, 0.3) is 0 Å². The van der Waals surface area contributed by atoms with Gasteiger partial charge in [0.15, 0.2) is 5.13 Å². The summed E-state index contributed by atoms with van der Waals surface area (Å²) in [7, 11) is 0. The molecule has 144 valence electrons. The van der Waals surface area contributed by atoms with Gasteiger partial charge in [-0.1, -0.05) is 18.2 Å². The molecular weight excluding hydrogens is 392 g/mol. The van der Waals surface area contributed by atoms with Gasteiger partial charge in [-0.15, -0.1) is 22.7 Å². The van der Waals surface area contributed by atoms with E-state index in [9.17, 15) is 9.59 Å². The molecule has 0 aliphatic heterocycles. The van der Waals surface area contributed by atoms with E-state index >= 15 is 0 Å². The summed E-state index contributed by atoms with van der Waals surface area (Å²) < 4.78 is 5.46. The first kappa shape index (κ1) is 18.8. The minimum absolute atomic E-state index is 0.0957. The van der Waals surface area contributed by atoms with Crippen LogP contribution < -0.4 is 4.90 Å². The molecule has 0 saturated heterocycles. The first-order valence-corrected chi connectivity index (χ1v) is 10.9. The van der Waals surface area contributed by atoms with Crippen LogP contribution >= 0.6 is 22.7 Å². The number of carbonyl (C=O) groups excluding carboxylic acids is 2. The Kier molecular flexibility index (Phi) is 5.54. The Hall–Kier alpha value is -2.51. The number of fused-ring (bicyclic) bond motifs is 1. The summed E-state index contributed by atoms with van der Waals surface area (Å²) in [4.78, 5) is 32.5. The predicted molar refractivity (Wildman–Crippen MR) is 111 cm³/mol. The molecule has 0 radical (unpaired) electrons. The molecule has 4 rings (SSSR count). The number of anilines is 2. The lowest BCUT2D eigenvalue weighted by Gasteiger charge is -2.17. The Morgan fingerprint density at radius 3 is 2.71 bits per heavy atom. The van der Waals surface area contributed by atoms with Gasteiger partial charge < -0.3 is 4.74 Å². The van der Waals surface area contributed by atoms with Crippen molar-refractivity contribution in [3.8, 4) is 0 Å². The van der Waals surface area contributed by atoms with Crippen LogP contribution in [0.4, 0.5) is 10.8 Å². The van der Waals surface area contributed by atoms with Gasteiger partial charge in [0.1, 0.15) is 11.5 Å². The number of para-hydroxylation sites is 1.